The van der Waals surface area contributed by atoms with Crippen LogP contribution in [0.5, 0.6) is 0 Å². The number of rotatable bonds is 18. The molecular weight excluding hydrogens is 438 g/mol. The standard InChI is InChI=1S/C30H43NO4/c1-23(2)27-11-7-25(8-12-27)20-29(32)6-5-16-34-18-19-35-17-15-31-22-30(33)21-26-9-13-28(14-10-26)24(3)4/h7-14,23-24,31H,5-6,15-22H2,1-4H3. The minimum absolute atomic E-state index is 0.174. The van der Waals surface area contributed by atoms with Crippen LogP contribution in [0.2, 0.25) is 0 Å². The maximum absolute atomic E-state index is 12.1. The van der Waals surface area contributed by atoms with Crippen LogP contribution in [0.3, 0.4) is 0 Å². The molecule has 2 aromatic carbocycles. The largest absolute Gasteiger partial charge is 0.379 e. The predicted octanol–water partition coefficient (Wildman–Crippen LogP) is 5.26. The highest BCUT2D eigenvalue weighted by Crippen LogP contribution is 2.16. The van der Waals surface area contributed by atoms with Crippen molar-refractivity contribution in [3.8, 4) is 0 Å². The molecule has 0 aromatic heterocycles. The SMILES string of the molecule is CC(C)c1ccc(CC(=O)CCCOCCOCCNCC(=O)Cc2ccc(C(C)C)cc2)cc1. The van der Waals surface area contributed by atoms with Gasteiger partial charge in [-0.15, -0.1) is 0 Å². The molecule has 0 spiro atoms. The van der Waals surface area contributed by atoms with Crippen LogP contribution in [-0.2, 0) is 31.9 Å². The summed E-state index contributed by atoms with van der Waals surface area (Å²) in [6.07, 6.45) is 2.20. The molecule has 0 radical (unpaired) electrons. The van der Waals surface area contributed by atoms with Crippen LogP contribution in [-0.4, -0.2) is 51.1 Å². The van der Waals surface area contributed by atoms with Crippen molar-refractivity contribution in [2.24, 2.45) is 0 Å². The Hall–Kier alpha value is -2.34. The molecule has 1 N–H and O–H groups in total. The zero-order chi connectivity index (χ0) is 25.5. The Morgan fingerprint density at radius 3 is 1.69 bits per heavy atom. The molecule has 192 valence electrons. The Balaban J connectivity index is 1.41. The maximum atomic E-state index is 12.1. The van der Waals surface area contributed by atoms with Gasteiger partial charge in [0.1, 0.15) is 5.78 Å². The summed E-state index contributed by atoms with van der Waals surface area (Å²) in [5, 5.41) is 3.13. The normalized spacial score (nSPS) is 11.4. The van der Waals surface area contributed by atoms with E-state index < -0.39 is 0 Å². The third-order valence-corrected chi connectivity index (χ3v) is 5.96. The number of ether oxygens (including phenoxy) is 2. The van der Waals surface area contributed by atoms with E-state index in [0.29, 0.717) is 70.6 Å². The van der Waals surface area contributed by atoms with Crippen molar-refractivity contribution in [2.75, 3.05) is 39.5 Å². The van der Waals surface area contributed by atoms with Crippen LogP contribution in [0.25, 0.3) is 0 Å². The molecule has 2 aromatic rings. The van der Waals surface area contributed by atoms with Crippen molar-refractivity contribution in [2.45, 2.75) is 65.2 Å². The van der Waals surface area contributed by atoms with Crippen LogP contribution < -0.4 is 5.32 Å². The average Bonchev–Trinajstić information content (AvgIpc) is 2.83. The van der Waals surface area contributed by atoms with Crippen molar-refractivity contribution in [3.05, 3.63) is 70.8 Å². The Morgan fingerprint density at radius 2 is 1.17 bits per heavy atom. The van der Waals surface area contributed by atoms with Crippen LogP contribution in [0.1, 0.15) is 74.6 Å². The van der Waals surface area contributed by atoms with E-state index >= 15 is 0 Å². The van der Waals surface area contributed by atoms with E-state index in [1.54, 1.807) is 0 Å². The smallest absolute Gasteiger partial charge is 0.150 e. The molecule has 0 aliphatic carbocycles. The van der Waals surface area contributed by atoms with Gasteiger partial charge in [-0.3, -0.25) is 9.59 Å². The van der Waals surface area contributed by atoms with Gasteiger partial charge < -0.3 is 14.8 Å². The minimum atomic E-state index is 0.174. The highest BCUT2D eigenvalue weighted by atomic mass is 16.5. The topological polar surface area (TPSA) is 64.6 Å². The first-order valence-electron chi connectivity index (χ1n) is 12.9. The maximum Gasteiger partial charge on any atom is 0.150 e. The van der Waals surface area contributed by atoms with E-state index in [1.807, 2.05) is 12.1 Å². The molecule has 0 atom stereocenters. The zero-order valence-corrected chi connectivity index (χ0v) is 22.0. The van der Waals surface area contributed by atoms with Crippen molar-refractivity contribution in [1.82, 2.24) is 5.32 Å². The molecule has 0 amide bonds. The molecule has 0 saturated heterocycles. The first-order chi connectivity index (χ1) is 16.8. The van der Waals surface area contributed by atoms with Crippen LogP contribution in [0.15, 0.2) is 48.5 Å². The highest BCUT2D eigenvalue weighted by Gasteiger charge is 2.06. The third-order valence-electron chi connectivity index (χ3n) is 5.96. The third kappa shape index (κ3) is 12.3. The Kier molecular flexibility index (Phi) is 13.5. The second kappa shape index (κ2) is 16.4. The fourth-order valence-corrected chi connectivity index (χ4v) is 3.71. The lowest BCUT2D eigenvalue weighted by molar-refractivity contribution is -0.119. The van der Waals surface area contributed by atoms with Gasteiger partial charge in [0.2, 0.25) is 0 Å². The van der Waals surface area contributed by atoms with E-state index in [9.17, 15) is 9.59 Å². The van der Waals surface area contributed by atoms with Gasteiger partial charge in [-0.05, 0) is 40.5 Å². The van der Waals surface area contributed by atoms with Crippen molar-refractivity contribution < 1.29 is 19.1 Å². The summed E-state index contributed by atoms with van der Waals surface area (Å²) >= 11 is 0. The van der Waals surface area contributed by atoms with Crippen LogP contribution >= 0.6 is 0 Å². The van der Waals surface area contributed by atoms with Gasteiger partial charge in [0.15, 0.2) is 5.78 Å². The lowest BCUT2D eigenvalue weighted by Crippen LogP contribution is -2.27. The number of hydrogen-bond donors (Lipinski definition) is 1. The van der Waals surface area contributed by atoms with E-state index in [0.717, 1.165) is 17.5 Å². The summed E-state index contributed by atoms with van der Waals surface area (Å²) in [6.45, 7) is 11.8. The van der Waals surface area contributed by atoms with Crippen LogP contribution in [0, 0.1) is 0 Å². The molecule has 5 heteroatoms. The summed E-state index contributed by atoms with van der Waals surface area (Å²) in [5.74, 6) is 1.42. The number of Topliss-reactive ketones (excluding diaryl/α,β-unsaturated/α-hetero) is 2. The van der Waals surface area contributed by atoms with E-state index in [-0.39, 0.29) is 11.6 Å². The molecule has 0 aliphatic heterocycles. The number of hydrogen-bond acceptors (Lipinski definition) is 5. The van der Waals surface area contributed by atoms with Gasteiger partial charge in [0.25, 0.3) is 0 Å². The van der Waals surface area contributed by atoms with Crippen molar-refractivity contribution >= 4 is 11.6 Å². The summed E-state index contributed by atoms with van der Waals surface area (Å²) < 4.78 is 11.1. The van der Waals surface area contributed by atoms with Gasteiger partial charge in [-0.1, -0.05) is 76.2 Å². The van der Waals surface area contributed by atoms with Gasteiger partial charge >= 0.3 is 0 Å². The highest BCUT2D eigenvalue weighted by molar-refractivity contribution is 5.82. The molecule has 0 heterocycles. The van der Waals surface area contributed by atoms with Gasteiger partial charge in [0, 0.05) is 32.4 Å². The summed E-state index contributed by atoms with van der Waals surface area (Å²) in [7, 11) is 0. The quantitative estimate of drug-likeness (QED) is 0.294. The molecule has 35 heavy (non-hydrogen) atoms. The Morgan fingerprint density at radius 1 is 0.686 bits per heavy atom. The summed E-state index contributed by atoms with van der Waals surface area (Å²) in [4.78, 5) is 24.3. The second-order valence-corrected chi connectivity index (χ2v) is 9.73. The Labute approximate surface area is 211 Å². The van der Waals surface area contributed by atoms with Crippen molar-refractivity contribution in [3.63, 3.8) is 0 Å². The fourth-order valence-electron chi connectivity index (χ4n) is 3.71. The molecular formula is C30H43NO4. The molecule has 0 saturated carbocycles. The molecule has 0 unspecified atom stereocenters. The summed E-state index contributed by atoms with van der Waals surface area (Å²) in [6, 6.07) is 16.6. The van der Waals surface area contributed by atoms with E-state index in [4.69, 9.17) is 9.47 Å². The van der Waals surface area contributed by atoms with Gasteiger partial charge in [-0.2, -0.15) is 0 Å². The van der Waals surface area contributed by atoms with Gasteiger partial charge in [-0.25, -0.2) is 0 Å². The molecule has 0 aliphatic rings. The number of carbonyl (C=O) groups excluding carboxylic acids is 2. The lowest BCUT2D eigenvalue weighted by Gasteiger charge is -2.08. The monoisotopic (exact) mass is 481 g/mol. The van der Waals surface area contributed by atoms with Crippen molar-refractivity contribution in [1.29, 1.82) is 0 Å². The number of ketones is 2. The first kappa shape index (κ1) is 28.9. The summed E-state index contributed by atoms with van der Waals surface area (Å²) in [5.41, 5.74) is 4.71. The van der Waals surface area contributed by atoms with Crippen LogP contribution in [0.4, 0.5) is 0 Å². The predicted molar refractivity (Wildman–Crippen MR) is 142 cm³/mol. The molecule has 0 fully saturated rings. The first-order valence-corrected chi connectivity index (χ1v) is 12.9. The minimum Gasteiger partial charge on any atom is -0.379 e. The fraction of sp³-hybridized carbons (Fsp3) is 0.533. The average molecular weight is 482 g/mol. The molecule has 0 bridgehead atoms. The van der Waals surface area contributed by atoms with Gasteiger partial charge in [0.05, 0.1) is 26.4 Å². The lowest BCUT2D eigenvalue weighted by atomic mass is 9.99. The number of benzene rings is 2. The number of nitrogens with one attached hydrogen (secondary N) is 1. The molecule has 2 rings (SSSR count). The second-order valence-electron chi connectivity index (χ2n) is 9.73. The molecule has 5 nitrogen and oxygen atoms in total. The Bertz CT molecular complexity index is 799. The zero-order valence-electron chi connectivity index (χ0n) is 22.0. The number of carbonyl (C=O) groups is 2. The van der Waals surface area contributed by atoms with E-state index in [1.165, 1.54) is 11.1 Å². The van der Waals surface area contributed by atoms with E-state index in [2.05, 4.69) is 69.4 Å².